The van der Waals surface area contributed by atoms with Crippen LogP contribution in [-0.4, -0.2) is 26.2 Å². The predicted octanol–water partition coefficient (Wildman–Crippen LogP) is 4.61. The molecule has 1 heterocycles. The fourth-order valence-electron chi connectivity index (χ4n) is 3.07. The van der Waals surface area contributed by atoms with E-state index in [9.17, 15) is 15.0 Å². The SMILES string of the molecule is Cc1cc(C(=O)O)c2nc(-c3ccc(-c4cccc(O)c4)cc3)[nH]c2c1. The lowest BCUT2D eigenvalue weighted by Crippen LogP contribution is -1.98. The van der Waals surface area contributed by atoms with Crippen LogP contribution >= 0.6 is 0 Å². The quantitative estimate of drug-likeness (QED) is 0.506. The van der Waals surface area contributed by atoms with Gasteiger partial charge < -0.3 is 15.2 Å². The number of aromatic carboxylic acids is 1. The van der Waals surface area contributed by atoms with Crippen molar-refractivity contribution in [2.24, 2.45) is 0 Å². The topological polar surface area (TPSA) is 86.2 Å². The van der Waals surface area contributed by atoms with Crippen LogP contribution in [-0.2, 0) is 0 Å². The molecule has 0 aliphatic rings. The van der Waals surface area contributed by atoms with Gasteiger partial charge in [0.1, 0.15) is 17.1 Å². The van der Waals surface area contributed by atoms with E-state index in [1.807, 2.05) is 43.3 Å². The van der Waals surface area contributed by atoms with Crippen LogP contribution in [0.3, 0.4) is 0 Å². The van der Waals surface area contributed by atoms with Crippen molar-refractivity contribution in [3.8, 4) is 28.3 Å². The van der Waals surface area contributed by atoms with Crippen LogP contribution in [0.1, 0.15) is 15.9 Å². The zero-order chi connectivity index (χ0) is 18.3. The van der Waals surface area contributed by atoms with Crippen molar-refractivity contribution in [1.29, 1.82) is 0 Å². The molecule has 0 saturated heterocycles. The Balaban J connectivity index is 1.76. The molecule has 0 atom stereocenters. The van der Waals surface area contributed by atoms with E-state index in [2.05, 4.69) is 9.97 Å². The first kappa shape index (κ1) is 15.9. The molecule has 0 aliphatic carbocycles. The number of hydrogen-bond acceptors (Lipinski definition) is 3. The van der Waals surface area contributed by atoms with E-state index >= 15 is 0 Å². The van der Waals surface area contributed by atoms with Crippen molar-refractivity contribution in [2.75, 3.05) is 0 Å². The number of rotatable bonds is 3. The molecule has 3 N–H and O–H groups in total. The summed E-state index contributed by atoms with van der Waals surface area (Å²) in [5, 5.41) is 19.0. The largest absolute Gasteiger partial charge is 0.508 e. The number of aryl methyl sites for hydroxylation is 1. The Hall–Kier alpha value is -3.60. The van der Waals surface area contributed by atoms with Gasteiger partial charge in [0.15, 0.2) is 0 Å². The molecule has 0 fully saturated rings. The summed E-state index contributed by atoms with van der Waals surface area (Å²) in [5.74, 6) is -0.146. The van der Waals surface area contributed by atoms with Gasteiger partial charge in [-0.15, -0.1) is 0 Å². The van der Waals surface area contributed by atoms with Crippen molar-refractivity contribution in [2.45, 2.75) is 6.92 Å². The third kappa shape index (κ3) is 2.80. The summed E-state index contributed by atoms with van der Waals surface area (Å²) in [5.41, 5.74) is 4.97. The van der Waals surface area contributed by atoms with Gasteiger partial charge in [0, 0.05) is 5.56 Å². The number of aromatic amines is 1. The van der Waals surface area contributed by atoms with Gasteiger partial charge in [0.2, 0.25) is 0 Å². The van der Waals surface area contributed by atoms with Gasteiger partial charge in [-0.1, -0.05) is 36.4 Å². The number of aromatic hydroxyl groups is 1. The Morgan fingerprint density at radius 1 is 0.962 bits per heavy atom. The number of fused-ring (bicyclic) bond motifs is 1. The molecular weight excluding hydrogens is 328 g/mol. The first-order valence-electron chi connectivity index (χ1n) is 8.15. The summed E-state index contributed by atoms with van der Waals surface area (Å²) < 4.78 is 0. The Bertz CT molecular complexity index is 1130. The molecule has 0 amide bonds. The van der Waals surface area contributed by atoms with Gasteiger partial charge in [-0.05, 0) is 47.9 Å². The minimum atomic E-state index is -0.990. The fraction of sp³-hybridized carbons (Fsp3) is 0.0476. The third-order valence-electron chi connectivity index (χ3n) is 4.30. The molecule has 0 radical (unpaired) electrons. The highest BCUT2D eigenvalue weighted by Crippen LogP contribution is 2.28. The lowest BCUT2D eigenvalue weighted by atomic mass is 10.0. The van der Waals surface area contributed by atoms with E-state index in [4.69, 9.17) is 0 Å². The van der Waals surface area contributed by atoms with Gasteiger partial charge >= 0.3 is 5.97 Å². The van der Waals surface area contributed by atoms with Gasteiger partial charge in [0.05, 0.1) is 11.1 Å². The molecule has 0 saturated carbocycles. The highest BCUT2D eigenvalue weighted by molar-refractivity contribution is 6.02. The summed E-state index contributed by atoms with van der Waals surface area (Å²) in [7, 11) is 0. The van der Waals surface area contributed by atoms with E-state index in [-0.39, 0.29) is 11.3 Å². The highest BCUT2D eigenvalue weighted by atomic mass is 16.4. The van der Waals surface area contributed by atoms with Crippen LogP contribution in [0.5, 0.6) is 5.75 Å². The van der Waals surface area contributed by atoms with E-state index in [1.54, 1.807) is 24.3 Å². The number of phenols is 1. The zero-order valence-electron chi connectivity index (χ0n) is 14.0. The second-order valence-electron chi connectivity index (χ2n) is 6.23. The minimum Gasteiger partial charge on any atom is -0.508 e. The molecule has 0 unspecified atom stereocenters. The first-order valence-corrected chi connectivity index (χ1v) is 8.15. The predicted molar refractivity (Wildman–Crippen MR) is 100 cm³/mol. The number of carboxylic acids is 1. The van der Waals surface area contributed by atoms with Crippen molar-refractivity contribution >= 4 is 17.0 Å². The van der Waals surface area contributed by atoms with Crippen molar-refractivity contribution in [3.05, 3.63) is 71.8 Å². The summed E-state index contributed by atoms with van der Waals surface area (Å²) in [6, 6.07) is 18.3. The highest BCUT2D eigenvalue weighted by Gasteiger charge is 2.14. The molecule has 1 aromatic heterocycles. The van der Waals surface area contributed by atoms with E-state index in [0.29, 0.717) is 16.9 Å². The molecule has 4 rings (SSSR count). The van der Waals surface area contributed by atoms with Gasteiger partial charge in [-0.25, -0.2) is 9.78 Å². The number of imidazole rings is 1. The summed E-state index contributed by atoms with van der Waals surface area (Å²) in [6.07, 6.45) is 0. The Morgan fingerprint density at radius 2 is 1.69 bits per heavy atom. The van der Waals surface area contributed by atoms with Gasteiger partial charge in [0.25, 0.3) is 0 Å². The fourth-order valence-corrected chi connectivity index (χ4v) is 3.07. The molecule has 5 heteroatoms. The molecule has 0 spiro atoms. The van der Waals surface area contributed by atoms with Crippen LogP contribution < -0.4 is 0 Å². The van der Waals surface area contributed by atoms with Crippen molar-refractivity contribution in [3.63, 3.8) is 0 Å². The number of nitrogens with zero attached hydrogens (tertiary/aromatic N) is 1. The summed E-state index contributed by atoms with van der Waals surface area (Å²) in [4.78, 5) is 19.2. The third-order valence-corrected chi connectivity index (χ3v) is 4.30. The number of H-pyrrole nitrogens is 1. The molecular formula is C21H16N2O3. The maximum absolute atomic E-state index is 11.5. The van der Waals surface area contributed by atoms with Crippen LogP contribution in [0.15, 0.2) is 60.7 Å². The number of benzene rings is 3. The molecule has 0 bridgehead atoms. The van der Waals surface area contributed by atoms with E-state index in [1.165, 1.54) is 0 Å². The second-order valence-corrected chi connectivity index (χ2v) is 6.23. The van der Waals surface area contributed by atoms with Crippen LogP contribution in [0.4, 0.5) is 0 Å². The molecule has 26 heavy (non-hydrogen) atoms. The molecule has 3 aromatic carbocycles. The van der Waals surface area contributed by atoms with E-state index in [0.717, 1.165) is 22.3 Å². The maximum atomic E-state index is 11.5. The molecule has 0 aliphatic heterocycles. The number of carbonyl (C=O) groups is 1. The lowest BCUT2D eigenvalue weighted by molar-refractivity contribution is 0.0698. The van der Waals surface area contributed by atoms with Crippen LogP contribution in [0, 0.1) is 6.92 Å². The number of phenolic OH excluding ortho intramolecular Hbond substituents is 1. The normalized spacial score (nSPS) is 11.0. The minimum absolute atomic E-state index is 0.193. The maximum Gasteiger partial charge on any atom is 0.337 e. The standard InChI is InChI=1S/C21H16N2O3/c1-12-9-17(21(25)26)19-18(10-12)22-20(23-19)14-7-5-13(6-8-14)15-3-2-4-16(24)11-15/h2-11,24H,1H3,(H,22,23)(H,25,26). The molecule has 5 nitrogen and oxygen atoms in total. The Kier molecular flexibility index (Phi) is 3.69. The summed E-state index contributed by atoms with van der Waals surface area (Å²) in [6.45, 7) is 1.86. The van der Waals surface area contributed by atoms with Gasteiger partial charge in [-0.3, -0.25) is 0 Å². The number of carboxylic acid groups (broad SMARTS) is 1. The van der Waals surface area contributed by atoms with Gasteiger partial charge in [-0.2, -0.15) is 0 Å². The smallest absolute Gasteiger partial charge is 0.337 e. The Morgan fingerprint density at radius 3 is 2.38 bits per heavy atom. The van der Waals surface area contributed by atoms with Crippen molar-refractivity contribution < 1.29 is 15.0 Å². The second kappa shape index (κ2) is 6.04. The van der Waals surface area contributed by atoms with E-state index < -0.39 is 5.97 Å². The Labute approximate surface area is 149 Å². The van der Waals surface area contributed by atoms with Crippen LogP contribution in [0.25, 0.3) is 33.5 Å². The number of nitrogens with one attached hydrogen (secondary N) is 1. The number of aromatic nitrogens is 2. The van der Waals surface area contributed by atoms with Crippen LogP contribution in [0.2, 0.25) is 0 Å². The molecule has 4 aromatic rings. The average Bonchev–Trinajstić information content (AvgIpc) is 3.04. The molecule has 128 valence electrons. The monoisotopic (exact) mass is 344 g/mol. The first-order chi connectivity index (χ1) is 12.5. The van der Waals surface area contributed by atoms with Crippen molar-refractivity contribution in [1.82, 2.24) is 9.97 Å². The lowest BCUT2D eigenvalue weighted by Gasteiger charge is -2.03. The average molecular weight is 344 g/mol. The zero-order valence-corrected chi connectivity index (χ0v) is 14.0. The number of hydrogen-bond donors (Lipinski definition) is 3. The summed E-state index contributed by atoms with van der Waals surface area (Å²) >= 11 is 0.